The first-order chi connectivity index (χ1) is 27.3. The van der Waals surface area contributed by atoms with Gasteiger partial charge in [-0.25, -0.2) is 4.57 Å². The first-order valence-corrected chi connectivity index (χ1v) is 25.5. The lowest BCUT2D eigenvalue weighted by atomic mass is 10.0. The molecule has 0 amide bonds. The van der Waals surface area contributed by atoms with E-state index in [1.807, 2.05) is 6.08 Å². The van der Waals surface area contributed by atoms with Crippen LogP contribution >= 0.6 is 7.82 Å². The van der Waals surface area contributed by atoms with Gasteiger partial charge in [0.2, 0.25) is 0 Å². The molecule has 1 atom stereocenters. The molecule has 9 heteroatoms. The second-order valence-electron chi connectivity index (χ2n) is 16.5. The van der Waals surface area contributed by atoms with E-state index in [1.165, 1.54) is 193 Å². The highest BCUT2D eigenvalue weighted by Gasteiger charge is 2.23. The molecular weight excluding hydrogens is 723 g/mol. The number of hydrogen-bond acceptors (Lipinski definition) is 6. The first kappa shape index (κ1) is 54.8. The maximum atomic E-state index is 12.5. The molecule has 0 heterocycles. The van der Waals surface area contributed by atoms with E-state index < -0.39 is 32.5 Å². The SMILES string of the molecule is C=CCCCCCCCCCCCCCCCC(=O)OC[C@H](COP(=O)(O)O)OC(=O)CCCCCCCCCCCCCCCCCCCCCCCCC. The first-order valence-electron chi connectivity index (χ1n) is 23.9. The van der Waals surface area contributed by atoms with Crippen molar-refractivity contribution in [2.24, 2.45) is 0 Å². The smallest absolute Gasteiger partial charge is 0.462 e. The molecule has 0 aliphatic rings. The van der Waals surface area contributed by atoms with Crippen molar-refractivity contribution in [3.63, 3.8) is 0 Å². The van der Waals surface area contributed by atoms with E-state index >= 15 is 0 Å². The van der Waals surface area contributed by atoms with Gasteiger partial charge < -0.3 is 19.3 Å². The van der Waals surface area contributed by atoms with Crippen LogP contribution in [-0.2, 0) is 28.2 Å². The summed E-state index contributed by atoms with van der Waals surface area (Å²) < 4.78 is 26.5. The topological polar surface area (TPSA) is 119 Å². The minimum Gasteiger partial charge on any atom is -0.462 e. The van der Waals surface area contributed by atoms with Crippen molar-refractivity contribution in [1.82, 2.24) is 0 Å². The van der Waals surface area contributed by atoms with Gasteiger partial charge in [-0.1, -0.05) is 225 Å². The molecule has 0 saturated carbocycles. The van der Waals surface area contributed by atoms with Crippen molar-refractivity contribution in [3.05, 3.63) is 12.7 Å². The molecule has 0 aromatic heterocycles. The minimum absolute atomic E-state index is 0.218. The van der Waals surface area contributed by atoms with Crippen molar-refractivity contribution < 1.29 is 37.9 Å². The third-order valence-electron chi connectivity index (χ3n) is 10.9. The highest BCUT2D eigenvalue weighted by molar-refractivity contribution is 7.46. The van der Waals surface area contributed by atoms with Gasteiger partial charge >= 0.3 is 19.8 Å². The molecule has 2 N–H and O–H groups in total. The summed E-state index contributed by atoms with van der Waals surface area (Å²) in [5.41, 5.74) is 0. The predicted octanol–water partition coefficient (Wildman–Crippen LogP) is 15.0. The number of unbranched alkanes of at least 4 members (excludes halogenated alkanes) is 35. The normalized spacial score (nSPS) is 12.2. The number of esters is 2. The van der Waals surface area contributed by atoms with Crippen molar-refractivity contribution >= 4 is 19.8 Å². The molecule has 332 valence electrons. The van der Waals surface area contributed by atoms with Crippen LogP contribution in [0.4, 0.5) is 0 Å². The van der Waals surface area contributed by atoms with Crippen LogP contribution in [0.2, 0.25) is 0 Å². The zero-order chi connectivity index (χ0) is 41.1. The van der Waals surface area contributed by atoms with E-state index in [0.717, 1.165) is 38.5 Å². The van der Waals surface area contributed by atoms with E-state index in [2.05, 4.69) is 18.0 Å². The molecule has 0 aromatic carbocycles. The number of allylic oxidation sites excluding steroid dienone is 1. The number of ether oxygens (including phenoxy) is 2. The Labute approximate surface area is 346 Å². The summed E-state index contributed by atoms with van der Waals surface area (Å²) >= 11 is 0. The fourth-order valence-electron chi connectivity index (χ4n) is 7.36. The van der Waals surface area contributed by atoms with Gasteiger partial charge in [-0.15, -0.1) is 6.58 Å². The fraction of sp³-hybridized carbons (Fsp3) is 0.915. The second kappa shape index (κ2) is 43.4. The minimum atomic E-state index is -4.75. The highest BCUT2D eigenvalue weighted by atomic mass is 31.2. The van der Waals surface area contributed by atoms with Gasteiger partial charge in [-0.2, -0.15) is 0 Å². The number of rotatable bonds is 46. The van der Waals surface area contributed by atoms with Gasteiger partial charge in [0.1, 0.15) is 6.61 Å². The molecule has 0 aromatic rings. The van der Waals surface area contributed by atoms with Crippen LogP contribution in [0, 0.1) is 0 Å². The molecule has 0 unspecified atom stereocenters. The van der Waals surface area contributed by atoms with Gasteiger partial charge in [0, 0.05) is 12.8 Å². The van der Waals surface area contributed by atoms with E-state index in [0.29, 0.717) is 6.42 Å². The number of carbonyl (C=O) groups excluding carboxylic acids is 2. The third-order valence-corrected chi connectivity index (χ3v) is 11.4. The molecule has 0 fully saturated rings. The maximum Gasteiger partial charge on any atom is 0.469 e. The monoisotopic (exact) mass is 815 g/mol. The quantitative estimate of drug-likeness (QED) is 0.0270. The molecule has 0 bridgehead atoms. The van der Waals surface area contributed by atoms with E-state index in [1.54, 1.807) is 0 Å². The summed E-state index contributed by atoms with van der Waals surface area (Å²) in [6.45, 7) is 5.25. The van der Waals surface area contributed by atoms with Crippen LogP contribution in [0.25, 0.3) is 0 Å². The Bertz CT molecular complexity index is 907. The fourth-order valence-corrected chi connectivity index (χ4v) is 7.72. The largest absolute Gasteiger partial charge is 0.469 e. The Hall–Kier alpha value is -1.21. The summed E-state index contributed by atoms with van der Waals surface area (Å²) in [4.78, 5) is 43.0. The van der Waals surface area contributed by atoms with Gasteiger partial charge in [0.05, 0.1) is 6.61 Å². The second-order valence-corrected chi connectivity index (χ2v) is 17.8. The molecule has 0 aliphatic carbocycles. The van der Waals surface area contributed by atoms with E-state index in [-0.39, 0.29) is 19.4 Å². The lowest BCUT2D eigenvalue weighted by Crippen LogP contribution is -2.29. The Morgan fingerprint density at radius 2 is 0.786 bits per heavy atom. The Morgan fingerprint density at radius 3 is 1.11 bits per heavy atom. The van der Waals surface area contributed by atoms with Crippen LogP contribution in [0.15, 0.2) is 12.7 Å². The zero-order valence-electron chi connectivity index (χ0n) is 36.6. The standard InChI is InChI=1S/C47H91O8P/c1-3-5-7-9-11-13-15-17-19-20-21-22-23-24-25-26-28-30-32-34-36-38-40-42-47(49)55-45(44-54-56(50,51)52)43-53-46(48)41-39-37-35-33-31-29-27-18-16-14-12-10-8-6-4-2/h4,45H,2-3,5-44H2,1H3,(H2,50,51,52)/t45-/m1/s1. The molecular formula is C47H91O8P. The van der Waals surface area contributed by atoms with Crippen LogP contribution in [-0.4, -0.2) is 41.0 Å². The highest BCUT2D eigenvalue weighted by Crippen LogP contribution is 2.36. The Balaban J connectivity index is 3.76. The van der Waals surface area contributed by atoms with E-state index in [4.69, 9.17) is 19.3 Å². The Kier molecular flexibility index (Phi) is 42.4. The van der Waals surface area contributed by atoms with Crippen molar-refractivity contribution in [2.75, 3.05) is 13.2 Å². The Morgan fingerprint density at radius 1 is 0.482 bits per heavy atom. The molecule has 0 rings (SSSR count). The summed E-state index contributed by atoms with van der Waals surface area (Å²) in [6.07, 6.45) is 48.4. The molecule has 0 spiro atoms. The zero-order valence-corrected chi connectivity index (χ0v) is 37.5. The summed E-state index contributed by atoms with van der Waals surface area (Å²) in [5, 5.41) is 0. The lowest BCUT2D eigenvalue weighted by Gasteiger charge is -2.18. The summed E-state index contributed by atoms with van der Waals surface area (Å²) in [6, 6.07) is 0. The van der Waals surface area contributed by atoms with Gasteiger partial charge in [-0.3, -0.25) is 14.1 Å². The molecule has 0 saturated heterocycles. The predicted molar refractivity (Wildman–Crippen MR) is 235 cm³/mol. The number of hydrogen-bond donors (Lipinski definition) is 2. The third kappa shape index (κ3) is 45.5. The number of phosphoric acid groups is 1. The van der Waals surface area contributed by atoms with E-state index in [9.17, 15) is 14.2 Å². The van der Waals surface area contributed by atoms with Crippen molar-refractivity contribution in [1.29, 1.82) is 0 Å². The van der Waals surface area contributed by atoms with Crippen molar-refractivity contribution in [2.45, 2.75) is 263 Å². The lowest BCUT2D eigenvalue weighted by molar-refractivity contribution is -0.161. The van der Waals surface area contributed by atoms with Gasteiger partial charge in [-0.05, 0) is 25.7 Å². The molecule has 8 nitrogen and oxygen atoms in total. The van der Waals surface area contributed by atoms with Crippen LogP contribution < -0.4 is 0 Å². The number of carbonyl (C=O) groups is 2. The van der Waals surface area contributed by atoms with Crippen LogP contribution in [0.5, 0.6) is 0 Å². The number of phosphoric ester groups is 1. The average molecular weight is 815 g/mol. The van der Waals surface area contributed by atoms with Crippen molar-refractivity contribution in [3.8, 4) is 0 Å². The van der Waals surface area contributed by atoms with Gasteiger partial charge in [0.15, 0.2) is 6.10 Å². The molecule has 0 aliphatic heterocycles. The average Bonchev–Trinajstić information content (AvgIpc) is 3.17. The summed E-state index contributed by atoms with van der Waals surface area (Å²) in [7, 11) is -4.75. The van der Waals surface area contributed by atoms with Crippen LogP contribution in [0.1, 0.15) is 257 Å². The maximum absolute atomic E-state index is 12.5. The molecule has 56 heavy (non-hydrogen) atoms. The van der Waals surface area contributed by atoms with Gasteiger partial charge in [0.25, 0.3) is 0 Å². The van der Waals surface area contributed by atoms with Crippen LogP contribution in [0.3, 0.4) is 0 Å². The molecule has 0 radical (unpaired) electrons. The summed E-state index contributed by atoms with van der Waals surface area (Å²) in [5.74, 6) is -0.871.